The highest BCUT2D eigenvalue weighted by Crippen LogP contribution is 2.38. The third-order valence-corrected chi connectivity index (χ3v) is 8.47. The Morgan fingerprint density at radius 3 is 2.32 bits per heavy atom. The van der Waals surface area contributed by atoms with E-state index in [-0.39, 0.29) is 23.9 Å². The molecule has 206 valence electrons. The molecule has 13 heteroatoms. The van der Waals surface area contributed by atoms with Gasteiger partial charge in [-0.3, -0.25) is 4.57 Å². The van der Waals surface area contributed by atoms with Gasteiger partial charge in [0.05, 0.1) is 30.6 Å². The zero-order valence-electron chi connectivity index (χ0n) is 22.0. The lowest BCUT2D eigenvalue weighted by Gasteiger charge is -2.25. The first-order valence-electron chi connectivity index (χ1n) is 12.3. The summed E-state index contributed by atoms with van der Waals surface area (Å²) in [5.41, 5.74) is 0.502. The van der Waals surface area contributed by atoms with E-state index in [1.54, 1.807) is 29.7 Å². The van der Waals surface area contributed by atoms with E-state index in [9.17, 15) is 8.42 Å². The minimum absolute atomic E-state index is 0.200. The van der Waals surface area contributed by atoms with E-state index in [2.05, 4.69) is 20.2 Å². The number of hydrogen-bond donors (Lipinski definition) is 0. The molecule has 3 atom stereocenters. The van der Waals surface area contributed by atoms with Gasteiger partial charge in [0.1, 0.15) is 35.1 Å². The van der Waals surface area contributed by atoms with Gasteiger partial charge in [-0.2, -0.15) is 0 Å². The first-order valence-corrected chi connectivity index (χ1v) is 14.4. The van der Waals surface area contributed by atoms with Crippen LogP contribution in [0.4, 0.5) is 0 Å². The summed E-state index contributed by atoms with van der Waals surface area (Å²) in [6.07, 6.45) is 2.89. The van der Waals surface area contributed by atoms with Crippen LogP contribution < -0.4 is 9.47 Å². The molecule has 0 aliphatic carbocycles. The fraction of sp³-hybridized carbons (Fsp3) is 0.520. The van der Waals surface area contributed by atoms with Crippen LogP contribution in [0.25, 0.3) is 5.69 Å². The van der Waals surface area contributed by atoms with Crippen molar-refractivity contribution in [3.05, 3.63) is 53.1 Å². The number of sulfone groups is 1. The standard InChI is InChI=1S/C25H32ClN5O6S/c1-15(2)37-23(24-27-12-17(26)13-28-24)16(3)38(32,33)14-21-29-30-25(20-10-7-11-36-20)31(21)22-18(34-4)8-6-9-19(22)35-5/h6,8-9,12-13,15-16,20,23H,7,10-11,14H2,1-5H3/t16-,20-,23+/m0/s1. The van der Waals surface area contributed by atoms with Gasteiger partial charge in [0.2, 0.25) is 0 Å². The molecule has 0 bridgehead atoms. The molecule has 4 rings (SSSR count). The summed E-state index contributed by atoms with van der Waals surface area (Å²) in [4.78, 5) is 8.45. The van der Waals surface area contributed by atoms with Crippen LogP contribution in [0.1, 0.15) is 63.3 Å². The maximum Gasteiger partial charge on any atom is 0.167 e. The third kappa shape index (κ3) is 5.93. The lowest BCUT2D eigenvalue weighted by Crippen LogP contribution is -2.32. The molecule has 0 radical (unpaired) electrons. The summed E-state index contributed by atoms with van der Waals surface area (Å²) >= 11 is 5.95. The number of para-hydroxylation sites is 1. The molecule has 1 aliphatic heterocycles. The zero-order chi connectivity index (χ0) is 27.4. The molecule has 1 aromatic carbocycles. The Labute approximate surface area is 227 Å². The average Bonchev–Trinajstić information content (AvgIpc) is 3.56. The molecule has 0 saturated carbocycles. The van der Waals surface area contributed by atoms with Crippen molar-refractivity contribution in [1.29, 1.82) is 0 Å². The lowest BCUT2D eigenvalue weighted by molar-refractivity contribution is 0.00142. The highest BCUT2D eigenvalue weighted by atomic mass is 35.5. The van der Waals surface area contributed by atoms with Gasteiger partial charge in [0.15, 0.2) is 27.3 Å². The largest absolute Gasteiger partial charge is 0.494 e. The number of rotatable bonds is 11. The van der Waals surface area contributed by atoms with E-state index in [0.717, 1.165) is 12.8 Å². The van der Waals surface area contributed by atoms with Crippen molar-refractivity contribution >= 4 is 21.4 Å². The lowest BCUT2D eigenvalue weighted by atomic mass is 10.2. The number of aromatic nitrogens is 5. The second-order valence-corrected chi connectivity index (χ2v) is 12.0. The fourth-order valence-electron chi connectivity index (χ4n) is 4.35. The highest BCUT2D eigenvalue weighted by molar-refractivity contribution is 7.91. The molecular formula is C25H32ClN5O6S. The smallest absolute Gasteiger partial charge is 0.167 e. The molecule has 1 aliphatic rings. The zero-order valence-corrected chi connectivity index (χ0v) is 23.6. The molecule has 2 aromatic heterocycles. The van der Waals surface area contributed by atoms with Crippen molar-refractivity contribution in [3.63, 3.8) is 0 Å². The first-order chi connectivity index (χ1) is 18.2. The molecular weight excluding hydrogens is 534 g/mol. The maximum atomic E-state index is 13.8. The van der Waals surface area contributed by atoms with Gasteiger partial charge in [-0.05, 0) is 45.7 Å². The number of methoxy groups -OCH3 is 2. The monoisotopic (exact) mass is 565 g/mol. The van der Waals surface area contributed by atoms with Crippen LogP contribution in [0.5, 0.6) is 11.5 Å². The number of halogens is 1. The van der Waals surface area contributed by atoms with E-state index in [4.69, 9.17) is 30.5 Å². The Hall–Kier alpha value is -2.80. The predicted octanol–water partition coefficient (Wildman–Crippen LogP) is 4.05. The van der Waals surface area contributed by atoms with Gasteiger partial charge in [-0.1, -0.05) is 17.7 Å². The summed E-state index contributed by atoms with van der Waals surface area (Å²) in [7, 11) is -0.811. The first kappa shape index (κ1) is 28.2. The van der Waals surface area contributed by atoms with E-state index in [1.807, 2.05) is 13.8 Å². The van der Waals surface area contributed by atoms with Gasteiger partial charge in [-0.25, -0.2) is 18.4 Å². The highest BCUT2D eigenvalue weighted by Gasteiger charge is 2.37. The topological polar surface area (TPSA) is 128 Å². The Morgan fingerprint density at radius 2 is 1.76 bits per heavy atom. The maximum absolute atomic E-state index is 13.8. The van der Waals surface area contributed by atoms with Crippen molar-refractivity contribution in [2.24, 2.45) is 0 Å². The second kappa shape index (κ2) is 11.9. The van der Waals surface area contributed by atoms with Crippen LogP contribution in [0.15, 0.2) is 30.6 Å². The Kier molecular flexibility index (Phi) is 8.86. The van der Waals surface area contributed by atoms with E-state index < -0.39 is 26.9 Å². The van der Waals surface area contributed by atoms with Gasteiger partial charge in [0, 0.05) is 19.0 Å². The SMILES string of the molecule is COc1cccc(OC)c1-n1c(CS(=O)(=O)[C@@H](C)[C@@H](OC(C)C)c2ncc(Cl)cn2)nnc1[C@@H]1CCCO1. The van der Waals surface area contributed by atoms with Crippen molar-refractivity contribution in [3.8, 4) is 17.2 Å². The molecule has 38 heavy (non-hydrogen) atoms. The molecule has 0 amide bonds. The van der Waals surface area contributed by atoms with Crippen molar-refractivity contribution in [2.45, 2.75) is 62.9 Å². The Balaban J connectivity index is 1.78. The summed E-state index contributed by atoms with van der Waals surface area (Å²) in [6.45, 7) is 5.80. The molecule has 3 heterocycles. The van der Waals surface area contributed by atoms with Gasteiger partial charge >= 0.3 is 0 Å². The van der Waals surface area contributed by atoms with Crippen LogP contribution in [0, 0.1) is 0 Å². The van der Waals surface area contributed by atoms with Crippen LogP contribution in [0.3, 0.4) is 0 Å². The van der Waals surface area contributed by atoms with E-state index >= 15 is 0 Å². The number of benzene rings is 1. The van der Waals surface area contributed by atoms with Crippen molar-refractivity contribution < 1.29 is 27.4 Å². The second-order valence-electron chi connectivity index (χ2n) is 9.20. The molecule has 1 fully saturated rings. The molecule has 3 aromatic rings. The van der Waals surface area contributed by atoms with Crippen molar-refractivity contribution in [2.75, 3.05) is 20.8 Å². The Morgan fingerprint density at radius 1 is 1.11 bits per heavy atom. The number of hydrogen-bond acceptors (Lipinski definition) is 10. The molecule has 0 unspecified atom stereocenters. The molecule has 0 spiro atoms. The minimum atomic E-state index is -3.88. The van der Waals surface area contributed by atoms with Crippen molar-refractivity contribution in [1.82, 2.24) is 24.7 Å². The quantitative estimate of drug-likeness (QED) is 0.336. The normalized spacial score (nSPS) is 17.5. The number of ether oxygens (including phenoxy) is 4. The predicted molar refractivity (Wildman–Crippen MR) is 140 cm³/mol. The van der Waals surface area contributed by atoms with Crippen LogP contribution >= 0.6 is 11.6 Å². The summed E-state index contributed by atoms with van der Waals surface area (Å²) < 4.78 is 52.5. The van der Waals surface area contributed by atoms with Gasteiger partial charge in [-0.15, -0.1) is 10.2 Å². The van der Waals surface area contributed by atoms with Gasteiger partial charge in [0.25, 0.3) is 0 Å². The van der Waals surface area contributed by atoms with Crippen LogP contribution in [0.2, 0.25) is 5.02 Å². The van der Waals surface area contributed by atoms with Gasteiger partial charge < -0.3 is 18.9 Å². The van der Waals surface area contributed by atoms with Crippen LogP contribution in [-0.4, -0.2) is 65.3 Å². The summed E-state index contributed by atoms with van der Waals surface area (Å²) in [6, 6.07) is 5.32. The molecule has 11 nitrogen and oxygen atoms in total. The molecule has 0 N–H and O–H groups in total. The molecule has 1 saturated heterocycles. The van der Waals surface area contributed by atoms with E-state index in [0.29, 0.717) is 34.6 Å². The fourth-order valence-corrected chi connectivity index (χ4v) is 5.82. The summed E-state index contributed by atoms with van der Waals surface area (Å²) in [5, 5.41) is 8.01. The van der Waals surface area contributed by atoms with Crippen LogP contribution in [-0.2, 0) is 25.1 Å². The Bertz CT molecular complexity index is 1320. The summed E-state index contributed by atoms with van der Waals surface area (Å²) in [5.74, 6) is 1.44. The average molecular weight is 566 g/mol. The number of nitrogens with zero attached hydrogens (tertiary/aromatic N) is 5. The third-order valence-electron chi connectivity index (χ3n) is 6.23. The minimum Gasteiger partial charge on any atom is -0.494 e. The van der Waals surface area contributed by atoms with E-state index in [1.165, 1.54) is 26.6 Å².